The summed E-state index contributed by atoms with van der Waals surface area (Å²) < 4.78 is 6.55. The SMILES string of the molecule is COc1ccc([C@@H](O)Cn2cnc(C(=O)NCc3ccccc3)n2)cc1. The Kier molecular flexibility index (Phi) is 5.60. The van der Waals surface area contributed by atoms with E-state index in [1.807, 2.05) is 30.3 Å². The number of aromatic nitrogens is 3. The van der Waals surface area contributed by atoms with Crippen LogP contribution in [-0.2, 0) is 13.1 Å². The van der Waals surface area contributed by atoms with Gasteiger partial charge in [-0.15, -0.1) is 5.10 Å². The van der Waals surface area contributed by atoms with Crippen LogP contribution >= 0.6 is 0 Å². The average molecular weight is 352 g/mol. The average Bonchev–Trinajstić information content (AvgIpc) is 3.15. The standard InChI is InChI=1S/C19H20N4O3/c1-26-16-9-7-15(8-10-16)17(24)12-23-13-21-18(22-23)19(25)20-11-14-5-3-2-4-6-14/h2-10,13,17,24H,11-12H2,1H3,(H,20,25)/t17-/m0/s1. The molecule has 3 aromatic rings. The molecule has 2 aromatic carbocycles. The van der Waals surface area contributed by atoms with Crippen molar-refractivity contribution in [2.75, 3.05) is 7.11 Å². The molecular weight excluding hydrogens is 332 g/mol. The van der Waals surface area contributed by atoms with Crippen molar-refractivity contribution >= 4 is 5.91 Å². The van der Waals surface area contributed by atoms with Crippen LogP contribution in [0.5, 0.6) is 5.75 Å². The van der Waals surface area contributed by atoms with E-state index in [9.17, 15) is 9.90 Å². The monoisotopic (exact) mass is 352 g/mol. The highest BCUT2D eigenvalue weighted by atomic mass is 16.5. The highest BCUT2D eigenvalue weighted by molar-refractivity contribution is 5.90. The second kappa shape index (κ2) is 8.26. The van der Waals surface area contributed by atoms with E-state index in [-0.39, 0.29) is 18.3 Å². The third kappa shape index (κ3) is 4.46. The Morgan fingerprint density at radius 1 is 1.19 bits per heavy atom. The first-order valence-corrected chi connectivity index (χ1v) is 8.19. The van der Waals surface area contributed by atoms with E-state index in [2.05, 4.69) is 15.4 Å². The van der Waals surface area contributed by atoms with E-state index in [0.29, 0.717) is 6.54 Å². The van der Waals surface area contributed by atoms with Crippen LogP contribution < -0.4 is 10.1 Å². The highest BCUT2D eigenvalue weighted by Gasteiger charge is 2.14. The normalized spacial score (nSPS) is 11.8. The number of methoxy groups -OCH3 is 1. The molecule has 134 valence electrons. The zero-order chi connectivity index (χ0) is 18.4. The van der Waals surface area contributed by atoms with E-state index in [0.717, 1.165) is 16.9 Å². The van der Waals surface area contributed by atoms with Crippen LogP contribution in [0.3, 0.4) is 0 Å². The minimum absolute atomic E-state index is 0.0721. The lowest BCUT2D eigenvalue weighted by molar-refractivity contribution is 0.0938. The molecule has 0 radical (unpaired) electrons. The maximum atomic E-state index is 12.1. The quantitative estimate of drug-likeness (QED) is 0.678. The number of nitrogens with one attached hydrogen (secondary N) is 1. The van der Waals surface area contributed by atoms with Crippen LogP contribution in [0.4, 0.5) is 0 Å². The molecule has 0 saturated heterocycles. The van der Waals surface area contributed by atoms with E-state index in [4.69, 9.17) is 4.74 Å². The first-order valence-electron chi connectivity index (χ1n) is 8.19. The predicted molar refractivity (Wildman–Crippen MR) is 95.6 cm³/mol. The Bertz CT molecular complexity index is 847. The Morgan fingerprint density at radius 3 is 2.62 bits per heavy atom. The number of nitrogens with zero attached hydrogens (tertiary/aromatic N) is 3. The number of ether oxygens (including phenoxy) is 1. The highest BCUT2D eigenvalue weighted by Crippen LogP contribution is 2.18. The summed E-state index contributed by atoms with van der Waals surface area (Å²) >= 11 is 0. The maximum absolute atomic E-state index is 12.1. The predicted octanol–water partition coefficient (Wildman–Crippen LogP) is 1.95. The van der Waals surface area contributed by atoms with Crippen molar-refractivity contribution in [1.82, 2.24) is 20.1 Å². The number of hydrogen-bond acceptors (Lipinski definition) is 5. The van der Waals surface area contributed by atoms with E-state index >= 15 is 0 Å². The van der Waals surface area contributed by atoms with E-state index < -0.39 is 6.10 Å². The molecular formula is C19H20N4O3. The Labute approximate surface area is 151 Å². The molecule has 3 rings (SSSR count). The number of aliphatic hydroxyl groups is 1. The molecule has 0 unspecified atom stereocenters. The van der Waals surface area contributed by atoms with Gasteiger partial charge in [0.15, 0.2) is 0 Å². The second-order valence-corrected chi connectivity index (χ2v) is 5.75. The van der Waals surface area contributed by atoms with E-state index in [1.165, 1.54) is 11.0 Å². The fraction of sp³-hybridized carbons (Fsp3) is 0.211. The van der Waals surface area contributed by atoms with Crippen molar-refractivity contribution in [3.63, 3.8) is 0 Å². The smallest absolute Gasteiger partial charge is 0.291 e. The Hall–Kier alpha value is -3.19. The lowest BCUT2D eigenvalue weighted by Crippen LogP contribution is -2.24. The fourth-order valence-corrected chi connectivity index (χ4v) is 2.45. The number of hydrogen-bond donors (Lipinski definition) is 2. The number of carbonyl (C=O) groups excluding carboxylic acids is 1. The summed E-state index contributed by atoms with van der Waals surface area (Å²) in [4.78, 5) is 16.1. The summed E-state index contributed by atoms with van der Waals surface area (Å²) in [6.45, 7) is 0.605. The molecule has 7 heteroatoms. The van der Waals surface area contributed by atoms with Crippen molar-refractivity contribution in [3.8, 4) is 5.75 Å². The van der Waals surface area contributed by atoms with E-state index in [1.54, 1.807) is 31.4 Å². The van der Waals surface area contributed by atoms with Gasteiger partial charge in [0, 0.05) is 6.54 Å². The lowest BCUT2D eigenvalue weighted by Gasteiger charge is -2.11. The maximum Gasteiger partial charge on any atom is 0.291 e. The molecule has 2 N–H and O–H groups in total. The molecule has 1 amide bonds. The van der Waals surface area contributed by atoms with Gasteiger partial charge in [-0.05, 0) is 23.3 Å². The number of carbonyl (C=O) groups is 1. The zero-order valence-corrected chi connectivity index (χ0v) is 14.4. The number of amides is 1. The van der Waals surface area contributed by atoms with Gasteiger partial charge in [-0.25, -0.2) is 9.67 Å². The summed E-state index contributed by atoms with van der Waals surface area (Å²) in [6.07, 6.45) is 0.673. The number of benzene rings is 2. The lowest BCUT2D eigenvalue weighted by atomic mass is 10.1. The van der Waals surface area contributed by atoms with Crippen LogP contribution in [0.25, 0.3) is 0 Å². The fourth-order valence-electron chi connectivity index (χ4n) is 2.45. The van der Waals surface area contributed by atoms with Crippen LogP contribution in [0.1, 0.15) is 27.8 Å². The van der Waals surface area contributed by atoms with Gasteiger partial charge in [0.25, 0.3) is 5.91 Å². The zero-order valence-electron chi connectivity index (χ0n) is 14.4. The van der Waals surface area contributed by atoms with Crippen LogP contribution in [0.2, 0.25) is 0 Å². The summed E-state index contributed by atoms with van der Waals surface area (Å²) in [6, 6.07) is 16.7. The minimum atomic E-state index is -0.761. The van der Waals surface area contributed by atoms with Crippen LogP contribution in [-0.4, -0.2) is 32.9 Å². The number of aliphatic hydroxyl groups excluding tert-OH is 1. The molecule has 0 saturated carbocycles. The van der Waals surface area contributed by atoms with Gasteiger partial charge in [-0.1, -0.05) is 42.5 Å². The van der Waals surface area contributed by atoms with Crippen molar-refractivity contribution < 1.29 is 14.6 Å². The summed E-state index contributed by atoms with van der Waals surface area (Å²) in [5.74, 6) is 0.438. The Morgan fingerprint density at radius 2 is 1.92 bits per heavy atom. The molecule has 0 spiro atoms. The van der Waals surface area contributed by atoms with Gasteiger partial charge in [0.05, 0.1) is 19.8 Å². The third-order valence-corrected chi connectivity index (χ3v) is 3.90. The molecule has 1 heterocycles. The van der Waals surface area contributed by atoms with Crippen LogP contribution in [0.15, 0.2) is 60.9 Å². The Balaban J connectivity index is 1.57. The molecule has 7 nitrogen and oxygen atoms in total. The van der Waals surface area contributed by atoms with Crippen molar-refractivity contribution in [2.45, 2.75) is 19.2 Å². The largest absolute Gasteiger partial charge is 0.497 e. The molecule has 0 aliphatic heterocycles. The van der Waals surface area contributed by atoms with Crippen LogP contribution in [0, 0.1) is 0 Å². The van der Waals surface area contributed by atoms with Gasteiger partial charge in [0.2, 0.25) is 5.82 Å². The van der Waals surface area contributed by atoms with Crippen molar-refractivity contribution in [2.24, 2.45) is 0 Å². The third-order valence-electron chi connectivity index (χ3n) is 3.90. The summed E-state index contributed by atoms with van der Waals surface area (Å²) in [5, 5.41) is 17.2. The van der Waals surface area contributed by atoms with Crippen molar-refractivity contribution in [3.05, 3.63) is 77.9 Å². The molecule has 0 aliphatic rings. The molecule has 1 atom stereocenters. The second-order valence-electron chi connectivity index (χ2n) is 5.75. The summed E-state index contributed by atoms with van der Waals surface area (Å²) in [5.41, 5.74) is 1.73. The first-order chi connectivity index (χ1) is 12.7. The topological polar surface area (TPSA) is 89.3 Å². The molecule has 0 bridgehead atoms. The summed E-state index contributed by atoms with van der Waals surface area (Å²) in [7, 11) is 1.59. The molecule has 0 aliphatic carbocycles. The van der Waals surface area contributed by atoms with Gasteiger partial charge in [-0.3, -0.25) is 4.79 Å². The molecule has 0 fully saturated rings. The molecule has 26 heavy (non-hydrogen) atoms. The van der Waals surface area contributed by atoms with Crippen molar-refractivity contribution in [1.29, 1.82) is 0 Å². The van der Waals surface area contributed by atoms with Gasteiger partial charge < -0.3 is 15.2 Å². The minimum Gasteiger partial charge on any atom is -0.497 e. The van der Waals surface area contributed by atoms with Gasteiger partial charge in [0.1, 0.15) is 12.1 Å². The van der Waals surface area contributed by atoms with Gasteiger partial charge in [-0.2, -0.15) is 0 Å². The van der Waals surface area contributed by atoms with Gasteiger partial charge >= 0.3 is 0 Å². The molecule has 1 aromatic heterocycles. The number of rotatable bonds is 7. The first kappa shape index (κ1) is 17.6.